The molecule has 1 unspecified atom stereocenters. The number of anilines is 1. The zero-order valence-electron chi connectivity index (χ0n) is 17.2. The number of hydrogen-bond acceptors (Lipinski definition) is 3. The molecule has 0 spiro atoms. The number of hydrogen-bond donors (Lipinski definition) is 2. The topological polar surface area (TPSA) is 43.7 Å². The van der Waals surface area contributed by atoms with E-state index in [0.717, 1.165) is 27.9 Å². The van der Waals surface area contributed by atoms with Crippen molar-refractivity contribution in [3.8, 4) is 28.0 Å². The predicted octanol–water partition coefficient (Wildman–Crippen LogP) is 5.87. The number of rotatable bonds is 5. The van der Waals surface area contributed by atoms with Gasteiger partial charge >= 0.3 is 0 Å². The van der Waals surface area contributed by atoms with E-state index in [4.69, 9.17) is 0 Å². The Morgan fingerprint density at radius 3 is 1.53 bits per heavy atom. The molecular formula is C27H25NO2. The molecule has 2 N–H and O–H groups in total. The van der Waals surface area contributed by atoms with Gasteiger partial charge in [0.2, 0.25) is 0 Å². The van der Waals surface area contributed by atoms with Crippen LogP contribution in [0.25, 0.3) is 22.3 Å². The highest BCUT2D eigenvalue weighted by Gasteiger charge is 2.18. The van der Waals surface area contributed by atoms with E-state index in [0.29, 0.717) is 11.1 Å². The highest BCUT2D eigenvalue weighted by Crippen LogP contribution is 2.41. The Morgan fingerprint density at radius 2 is 1.10 bits per heavy atom. The van der Waals surface area contributed by atoms with E-state index in [-0.39, 0.29) is 5.75 Å². The molecule has 0 saturated carbocycles. The SMILES string of the molecule is CN(C)c1ccc(C(O)c2cc(-c3ccccc3)c(O)c(-c3ccccc3)c2)cc1. The molecule has 0 aliphatic heterocycles. The van der Waals surface area contributed by atoms with Crippen LogP contribution in [0.2, 0.25) is 0 Å². The normalized spacial score (nSPS) is 11.8. The summed E-state index contributed by atoms with van der Waals surface area (Å²) >= 11 is 0. The minimum atomic E-state index is -0.799. The summed E-state index contributed by atoms with van der Waals surface area (Å²) in [6.07, 6.45) is -0.799. The quantitative estimate of drug-likeness (QED) is 0.444. The number of phenols is 1. The third kappa shape index (κ3) is 3.93. The fourth-order valence-electron chi connectivity index (χ4n) is 3.64. The second-order valence-corrected chi connectivity index (χ2v) is 7.59. The van der Waals surface area contributed by atoms with Gasteiger partial charge in [0, 0.05) is 30.9 Å². The molecule has 3 nitrogen and oxygen atoms in total. The van der Waals surface area contributed by atoms with E-state index in [2.05, 4.69) is 0 Å². The van der Waals surface area contributed by atoms with E-state index < -0.39 is 6.10 Å². The van der Waals surface area contributed by atoms with E-state index in [1.807, 2.05) is 116 Å². The van der Waals surface area contributed by atoms with Gasteiger partial charge in [-0.25, -0.2) is 0 Å². The van der Waals surface area contributed by atoms with Gasteiger partial charge in [0.15, 0.2) is 0 Å². The van der Waals surface area contributed by atoms with Gasteiger partial charge in [0.25, 0.3) is 0 Å². The molecule has 30 heavy (non-hydrogen) atoms. The molecule has 4 aromatic rings. The third-order valence-corrected chi connectivity index (χ3v) is 5.34. The van der Waals surface area contributed by atoms with Crippen molar-refractivity contribution < 1.29 is 10.2 Å². The first-order valence-electron chi connectivity index (χ1n) is 9.97. The summed E-state index contributed by atoms with van der Waals surface area (Å²) in [5, 5.41) is 22.2. The molecule has 0 aromatic heterocycles. The van der Waals surface area contributed by atoms with Crippen molar-refractivity contribution >= 4 is 5.69 Å². The molecule has 0 saturated heterocycles. The first-order chi connectivity index (χ1) is 14.5. The Kier molecular flexibility index (Phi) is 5.55. The second kappa shape index (κ2) is 8.44. The van der Waals surface area contributed by atoms with Gasteiger partial charge in [-0.2, -0.15) is 0 Å². The smallest absolute Gasteiger partial charge is 0.131 e. The Labute approximate surface area is 177 Å². The number of aromatic hydroxyl groups is 1. The predicted molar refractivity (Wildman–Crippen MR) is 124 cm³/mol. The van der Waals surface area contributed by atoms with Crippen molar-refractivity contribution in [2.75, 3.05) is 19.0 Å². The summed E-state index contributed by atoms with van der Waals surface area (Å²) in [5.41, 5.74) is 5.85. The second-order valence-electron chi connectivity index (χ2n) is 7.59. The molecule has 4 rings (SSSR count). The van der Waals surface area contributed by atoms with E-state index in [1.165, 1.54) is 0 Å². The lowest BCUT2D eigenvalue weighted by molar-refractivity contribution is 0.220. The summed E-state index contributed by atoms with van der Waals surface area (Å²) in [7, 11) is 3.98. The molecule has 1 atom stereocenters. The first-order valence-corrected chi connectivity index (χ1v) is 9.97. The van der Waals surface area contributed by atoms with Gasteiger partial charge in [-0.3, -0.25) is 0 Å². The monoisotopic (exact) mass is 395 g/mol. The number of nitrogens with zero attached hydrogens (tertiary/aromatic N) is 1. The van der Waals surface area contributed by atoms with Crippen LogP contribution in [0, 0.1) is 0 Å². The fraction of sp³-hybridized carbons (Fsp3) is 0.111. The highest BCUT2D eigenvalue weighted by atomic mass is 16.3. The zero-order valence-corrected chi connectivity index (χ0v) is 17.2. The van der Waals surface area contributed by atoms with Crippen LogP contribution in [0.15, 0.2) is 97.1 Å². The van der Waals surface area contributed by atoms with Gasteiger partial charge in [-0.05, 0) is 46.5 Å². The third-order valence-electron chi connectivity index (χ3n) is 5.34. The molecule has 150 valence electrons. The van der Waals surface area contributed by atoms with Crippen LogP contribution in [0.4, 0.5) is 5.69 Å². The molecule has 0 aliphatic rings. The Hall–Kier alpha value is -3.56. The van der Waals surface area contributed by atoms with Crippen molar-refractivity contribution in [1.82, 2.24) is 0 Å². The number of aliphatic hydroxyl groups excluding tert-OH is 1. The minimum absolute atomic E-state index is 0.214. The summed E-state index contributed by atoms with van der Waals surface area (Å²) in [4.78, 5) is 2.03. The van der Waals surface area contributed by atoms with E-state index in [1.54, 1.807) is 0 Å². The van der Waals surface area contributed by atoms with Gasteiger partial charge in [-0.15, -0.1) is 0 Å². The minimum Gasteiger partial charge on any atom is -0.507 e. The molecule has 0 radical (unpaired) electrons. The average Bonchev–Trinajstić information content (AvgIpc) is 2.80. The Bertz CT molecular complexity index is 1060. The van der Waals surface area contributed by atoms with Gasteiger partial charge in [0.05, 0.1) is 0 Å². The summed E-state index contributed by atoms with van der Waals surface area (Å²) in [6.45, 7) is 0. The van der Waals surface area contributed by atoms with Crippen LogP contribution >= 0.6 is 0 Å². The van der Waals surface area contributed by atoms with Crippen LogP contribution in [0.1, 0.15) is 17.2 Å². The molecular weight excluding hydrogens is 370 g/mol. The van der Waals surface area contributed by atoms with Gasteiger partial charge in [0.1, 0.15) is 11.9 Å². The van der Waals surface area contributed by atoms with Crippen molar-refractivity contribution in [3.63, 3.8) is 0 Å². The number of aliphatic hydroxyl groups is 1. The van der Waals surface area contributed by atoms with Crippen LogP contribution < -0.4 is 4.90 Å². The van der Waals surface area contributed by atoms with Crippen molar-refractivity contribution in [3.05, 3.63) is 108 Å². The fourth-order valence-corrected chi connectivity index (χ4v) is 3.64. The van der Waals surface area contributed by atoms with Crippen LogP contribution in [0.5, 0.6) is 5.75 Å². The Morgan fingerprint density at radius 1 is 0.633 bits per heavy atom. The highest BCUT2D eigenvalue weighted by molar-refractivity contribution is 5.83. The molecule has 4 aromatic carbocycles. The molecule has 0 bridgehead atoms. The van der Waals surface area contributed by atoms with Crippen LogP contribution in [0.3, 0.4) is 0 Å². The zero-order chi connectivity index (χ0) is 21.1. The molecule has 3 heteroatoms. The van der Waals surface area contributed by atoms with Crippen LogP contribution in [-0.4, -0.2) is 24.3 Å². The van der Waals surface area contributed by atoms with Gasteiger partial charge in [-0.1, -0.05) is 72.8 Å². The molecule has 0 aliphatic carbocycles. The molecule has 0 fully saturated rings. The average molecular weight is 396 g/mol. The molecule has 0 amide bonds. The van der Waals surface area contributed by atoms with E-state index in [9.17, 15) is 10.2 Å². The summed E-state index contributed by atoms with van der Waals surface area (Å²) in [6, 6.07) is 31.2. The van der Waals surface area contributed by atoms with E-state index >= 15 is 0 Å². The largest absolute Gasteiger partial charge is 0.507 e. The Balaban J connectivity index is 1.85. The number of benzene rings is 4. The maximum absolute atomic E-state index is 11.2. The lowest BCUT2D eigenvalue weighted by atomic mass is 9.91. The maximum Gasteiger partial charge on any atom is 0.131 e. The lowest BCUT2D eigenvalue weighted by Gasteiger charge is -2.19. The lowest BCUT2D eigenvalue weighted by Crippen LogP contribution is -2.08. The van der Waals surface area contributed by atoms with Crippen molar-refractivity contribution in [2.24, 2.45) is 0 Å². The van der Waals surface area contributed by atoms with Gasteiger partial charge < -0.3 is 15.1 Å². The van der Waals surface area contributed by atoms with Crippen LogP contribution in [-0.2, 0) is 0 Å². The molecule has 0 heterocycles. The van der Waals surface area contributed by atoms with Crippen molar-refractivity contribution in [1.29, 1.82) is 0 Å². The first kappa shape index (κ1) is 19.7. The number of phenolic OH excluding ortho intramolecular Hbond substituents is 1. The maximum atomic E-state index is 11.2. The standard InChI is InChI=1S/C27H25NO2/c1-28(2)23-15-13-21(14-16-23)26(29)22-17-24(19-9-5-3-6-10-19)27(30)25(18-22)20-11-7-4-8-12-20/h3-18,26,29-30H,1-2H3. The summed E-state index contributed by atoms with van der Waals surface area (Å²) < 4.78 is 0. The van der Waals surface area contributed by atoms with Crippen molar-refractivity contribution in [2.45, 2.75) is 6.10 Å². The summed E-state index contributed by atoms with van der Waals surface area (Å²) in [5.74, 6) is 0.214.